The van der Waals surface area contributed by atoms with E-state index < -0.39 is 6.04 Å². The lowest BCUT2D eigenvalue weighted by Crippen LogP contribution is -2.37. The Morgan fingerprint density at radius 3 is 2.42 bits per heavy atom. The van der Waals surface area contributed by atoms with E-state index in [9.17, 15) is 9.59 Å². The number of hydrogen-bond donors (Lipinski definition) is 0. The van der Waals surface area contributed by atoms with Crippen LogP contribution >= 0.6 is 0 Å². The monoisotopic (exact) mass is 441 g/mol. The van der Waals surface area contributed by atoms with Crippen LogP contribution in [-0.2, 0) is 4.79 Å². The number of amides is 1. The number of para-hydroxylation sites is 2. The summed E-state index contributed by atoms with van der Waals surface area (Å²) < 4.78 is 7.24. The summed E-state index contributed by atoms with van der Waals surface area (Å²) in [5.41, 5.74) is 3.38. The smallest absolute Gasteiger partial charge is 0.266 e. The summed E-state index contributed by atoms with van der Waals surface area (Å²) in [6.45, 7) is 5.81. The topological polar surface area (TPSA) is 64.4 Å². The molecule has 6 nitrogen and oxygen atoms in total. The lowest BCUT2D eigenvalue weighted by molar-refractivity contribution is -0.134. The number of ether oxygens (including phenoxy) is 1. The number of nitrogens with zero attached hydrogens (tertiary/aromatic N) is 3. The molecule has 0 radical (unpaired) electrons. The number of hydrogen-bond acceptors (Lipinski definition) is 4. The predicted octanol–water partition coefficient (Wildman–Crippen LogP) is 4.60. The van der Waals surface area contributed by atoms with E-state index in [0.717, 1.165) is 16.8 Å². The molecule has 6 heteroatoms. The van der Waals surface area contributed by atoms with Gasteiger partial charge in [-0.2, -0.15) is 0 Å². The summed E-state index contributed by atoms with van der Waals surface area (Å²) in [5, 5.41) is 0.535. The molecule has 0 aliphatic heterocycles. The molecule has 1 heterocycles. The average molecular weight is 442 g/mol. The minimum absolute atomic E-state index is 0.105. The third-order valence-corrected chi connectivity index (χ3v) is 6.00. The van der Waals surface area contributed by atoms with Gasteiger partial charge in [-0.15, -0.1) is 0 Å². The highest BCUT2D eigenvalue weighted by Gasteiger charge is 2.24. The van der Waals surface area contributed by atoms with Crippen molar-refractivity contribution in [2.75, 3.05) is 13.7 Å². The van der Waals surface area contributed by atoms with Gasteiger partial charge in [-0.1, -0.05) is 36.4 Å². The molecule has 1 atom stereocenters. The molecular weight excluding hydrogens is 414 g/mol. The van der Waals surface area contributed by atoms with E-state index in [1.54, 1.807) is 34.7 Å². The molecule has 0 saturated heterocycles. The molecule has 33 heavy (non-hydrogen) atoms. The van der Waals surface area contributed by atoms with Gasteiger partial charge in [0.15, 0.2) is 6.61 Å². The van der Waals surface area contributed by atoms with Gasteiger partial charge in [-0.25, -0.2) is 4.98 Å². The van der Waals surface area contributed by atoms with Gasteiger partial charge in [0.2, 0.25) is 0 Å². The second-order valence-corrected chi connectivity index (χ2v) is 8.18. The molecular formula is C27H27N3O3. The molecule has 0 aliphatic rings. The summed E-state index contributed by atoms with van der Waals surface area (Å²) >= 11 is 0. The third-order valence-electron chi connectivity index (χ3n) is 6.00. The molecule has 0 bridgehead atoms. The number of carbonyl (C=O) groups excluding carboxylic acids is 1. The molecule has 3 aromatic carbocycles. The lowest BCUT2D eigenvalue weighted by atomic mass is 10.1. The van der Waals surface area contributed by atoms with Crippen molar-refractivity contribution in [1.29, 1.82) is 0 Å². The van der Waals surface area contributed by atoms with Crippen molar-refractivity contribution in [2.24, 2.45) is 0 Å². The van der Waals surface area contributed by atoms with Crippen LogP contribution in [0.5, 0.6) is 5.75 Å². The highest BCUT2D eigenvalue weighted by Crippen LogP contribution is 2.23. The zero-order valence-electron chi connectivity index (χ0n) is 19.3. The second-order valence-electron chi connectivity index (χ2n) is 8.18. The van der Waals surface area contributed by atoms with E-state index in [2.05, 4.69) is 0 Å². The van der Waals surface area contributed by atoms with Gasteiger partial charge in [0.25, 0.3) is 11.5 Å². The molecule has 168 valence electrons. The summed E-state index contributed by atoms with van der Waals surface area (Å²) in [6, 6.07) is 21.9. The number of carbonyl (C=O) groups is 1. The number of benzene rings is 3. The van der Waals surface area contributed by atoms with E-state index >= 15 is 0 Å². The summed E-state index contributed by atoms with van der Waals surface area (Å²) in [7, 11) is 1.70. The Morgan fingerprint density at radius 2 is 1.70 bits per heavy atom. The van der Waals surface area contributed by atoms with Crippen molar-refractivity contribution in [3.8, 4) is 11.4 Å². The third kappa shape index (κ3) is 4.51. The fourth-order valence-electron chi connectivity index (χ4n) is 3.70. The Balaban J connectivity index is 1.74. The van der Waals surface area contributed by atoms with E-state index in [1.165, 1.54) is 0 Å². The summed E-state index contributed by atoms with van der Waals surface area (Å²) in [5.74, 6) is 0.917. The number of aromatic nitrogens is 2. The molecule has 0 fully saturated rings. The molecule has 0 saturated carbocycles. The normalized spacial score (nSPS) is 11.9. The van der Waals surface area contributed by atoms with Crippen LogP contribution in [0, 0.1) is 13.8 Å². The van der Waals surface area contributed by atoms with Crippen molar-refractivity contribution in [2.45, 2.75) is 26.8 Å². The van der Waals surface area contributed by atoms with Crippen LogP contribution < -0.4 is 10.3 Å². The number of likely N-dealkylation sites (N-methyl/N-ethyl adjacent to an activating group) is 1. The van der Waals surface area contributed by atoms with Crippen LogP contribution in [0.15, 0.2) is 77.6 Å². The quantitative estimate of drug-likeness (QED) is 0.439. The van der Waals surface area contributed by atoms with Crippen LogP contribution in [0.4, 0.5) is 0 Å². The van der Waals surface area contributed by atoms with Gasteiger partial charge >= 0.3 is 0 Å². The first kappa shape index (κ1) is 22.3. The van der Waals surface area contributed by atoms with E-state index in [-0.39, 0.29) is 18.1 Å². The Kier molecular flexibility index (Phi) is 6.27. The molecule has 1 amide bonds. The fraction of sp³-hybridized carbons (Fsp3) is 0.222. The molecule has 1 aromatic heterocycles. The van der Waals surface area contributed by atoms with E-state index in [0.29, 0.717) is 22.5 Å². The fourth-order valence-corrected chi connectivity index (χ4v) is 3.70. The van der Waals surface area contributed by atoms with Crippen molar-refractivity contribution in [1.82, 2.24) is 14.5 Å². The minimum atomic E-state index is -0.462. The van der Waals surface area contributed by atoms with Crippen LogP contribution in [0.3, 0.4) is 0 Å². The molecule has 0 aliphatic carbocycles. The lowest BCUT2D eigenvalue weighted by Gasteiger charge is -2.27. The van der Waals surface area contributed by atoms with Crippen LogP contribution in [0.2, 0.25) is 0 Å². The maximum atomic E-state index is 13.5. The van der Waals surface area contributed by atoms with Gasteiger partial charge in [0.05, 0.1) is 22.6 Å². The van der Waals surface area contributed by atoms with E-state index in [1.807, 2.05) is 75.4 Å². The van der Waals surface area contributed by atoms with Crippen molar-refractivity contribution >= 4 is 16.8 Å². The van der Waals surface area contributed by atoms with Gasteiger partial charge in [0.1, 0.15) is 11.6 Å². The Bertz CT molecular complexity index is 1360. The largest absolute Gasteiger partial charge is 0.484 e. The first-order valence-corrected chi connectivity index (χ1v) is 10.9. The molecule has 1 unspecified atom stereocenters. The van der Waals surface area contributed by atoms with Crippen LogP contribution in [0.25, 0.3) is 16.6 Å². The minimum Gasteiger partial charge on any atom is -0.484 e. The van der Waals surface area contributed by atoms with Gasteiger partial charge < -0.3 is 9.64 Å². The molecule has 0 N–H and O–H groups in total. The van der Waals surface area contributed by atoms with E-state index in [4.69, 9.17) is 9.72 Å². The first-order valence-electron chi connectivity index (χ1n) is 10.9. The molecule has 0 spiro atoms. The summed E-state index contributed by atoms with van der Waals surface area (Å²) in [4.78, 5) is 32.8. The van der Waals surface area contributed by atoms with Crippen LogP contribution in [0.1, 0.15) is 29.9 Å². The van der Waals surface area contributed by atoms with Crippen molar-refractivity contribution < 1.29 is 9.53 Å². The Hall–Kier alpha value is -3.93. The van der Waals surface area contributed by atoms with Gasteiger partial charge in [-0.05, 0) is 68.3 Å². The zero-order valence-corrected chi connectivity index (χ0v) is 19.3. The second kappa shape index (κ2) is 9.28. The number of aryl methyl sites for hydroxylation is 2. The van der Waals surface area contributed by atoms with Crippen molar-refractivity contribution in [3.63, 3.8) is 0 Å². The summed E-state index contributed by atoms with van der Waals surface area (Å²) in [6.07, 6.45) is 0. The maximum absolute atomic E-state index is 13.5. The maximum Gasteiger partial charge on any atom is 0.266 e. The number of rotatable bonds is 6. The predicted molar refractivity (Wildman–Crippen MR) is 130 cm³/mol. The zero-order chi connectivity index (χ0) is 23.5. The highest BCUT2D eigenvalue weighted by atomic mass is 16.5. The Morgan fingerprint density at radius 1 is 1.00 bits per heavy atom. The molecule has 4 rings (SSSR count). The van der Waals surface area contributed by atoms with Gasteiger partial charge in [0, 0.05) is 7.05 Å². The standard InChI is InChI=1S/C27H27N3O3/c1-18-14-15-21(16-19(18)2)30-26(28-24-13-9-8-12-23(24)27(30)32)20(3)29(4)25(31)17-33-22-10-6-5-7-11-22/h5-16,20H,17H2,1-4H3. The molecule has 4 aromatic rings. The van der Waals surface area contributed by atoms with Crippen molar-refractivity contribution in [3.05, 3.63) is 100 Å². The van der Waals surface area contributed by atoms with Gasteiger partial charge in [-0.3, -0.25) is 14.2 Å². The van der Waals surface area contributed by atoms with Crippen LogP contribution in [-0.4, -0.2) is 34.0 Å². The average Bonchev–Trinajstić information content (AvgIpc) is 2.84. The number of fused-ring (bicyclic) bond motifs is 1. The highest BCUT2D eigenvalue weighted by molar-refractivity contribution is 5.79. The SMILES string of the molecule is Cc1ccc(-n2c(C(C)N(C)C(=O)COc3ccccc3)nc3ccccc3c2=O)cc1C. The Labute approximate surface area is 193 Å². The first-order chi connectivity index (χ1) is 15.9.